The molecule has 1 heterocycles. The van der Waals surface area contributed by atoms with Crippen LogP contribution in [0.15, 0.2) is 84.4 Å². The summed E-state index contributed by atoms with van der Waals surface area (Å²) in [5.74, 6) is -1.03. The summed E-state index contributed by atoms with van der Waals surface area (Å²) in [5, 5.41) is 20.8. The lowest BCUT2D eigenvalue weighted by molar-refractivity contribution is -0.132. The van der Waals surface area contributed by atoms with Crippen molar-refractivity contribution in [3.8, 4) is 11.5 Å². The molecule has 162 valence electrons. The molecule has 0 bridgehead atoms. The van der Waals surface area contributed by atoms with E-state index in [1.165, 1.54) is 17.0 Å². The highest BCUT2D eigenvalue weighted by molar-refractivity contribution is 6.51. The van der Waals surface area contributed by atoms with Gasteiger partial charge >= 0.3 is 0 Å². The summed E-state index contributed by atoms with van der Waals surface area (Å²) < 4.78 is 5.58. The van der Waals surface area contributed by atoms with Gasteiger partial charge in [-0.15, -0.1) is 0 Å². The van der Waals surface area contributed by atoms with Gasteiger partial charge in [0.15, 0.2) is 0 Å². The number of rotatable bonds is 6. The van der Waals surface area contributed by atoms with Gasteiger partial charge < -0.3 is 14.9 Å². The molecule has 3 aromatic carbocycles. The highest BCUT2D eigenvalue weighted by atomic mass is 16.5. The summed E-state index contributed by atoms with van der Waals surface area (Å²) in [6, 6.07) is 21.0. The predicted molar refractivity (Wildman–Crippen MR) is 122 cm³/mol. The first-order chi connectivity index (χ1) is 15.5. The number of aliphatic hydroxyl groups excluding tert-OH is 1. The van der Waals surface area contributed by atoms with Crippen molar-refractivity contribution in [3.05, 3.63) is 95.6 Å². The molecule has 1 fully saturated rings. The van der Waals surface area contributed by atoms with Crippen LogP contribution in [0.3, 0.4) is 0 Å². The molecule has 1 amide bonds. The van der Waals surface area contributed by atoms with E-state index in [9.17, 15) is 19.8 Å². The molecule has 3 aromatic rings. The highest BCUT2D eigenvalue weighted by Crippen LogP contribution is 2.42. The van der Waals surface area contributed by atoms with E-state index < -0.39 is 17.7 Å². The fourth-order valence-electron chi connectivity index (χ4n) is 3.74. The molecule has 1 unspecified atom stereocenters. The van der Waals surface area contributed by atoms with E-state index in [1.807, 2.05) is 13.0 Å². The van der Waals surface area contributed by atoms with Gasteiger partial charge in [-0.3, -0.25) is 14.5 Å². The summed E-state index contributed by atoms with van der Waals surface area (Å²) >= 11 is 0. The monoisotopic (exact) mass is 429 g/mol. The van der Waals surface area contributed by atoms with Crippen LogP contribution >= 0.6 is 0 Å². The van der Waals surface area contributed by atoms with Crippen LogP contribution in [0.2, 0.25) is 0 Å². The van der Waals surface area contributed by atoms with Gasteiger partial charge in [-0.25, -0.2) is 0 Å². The standard InChI is InChI=1S/C26H23NO5/c1-2-16-32-21-14-10-18(11-15-21)24(29)22-23(17-8-12-20(28)13-9-17)27(26(31)25(22)30)19-6-4-3-5-7-19/h3-15,23,28-29H,2,16H2,1H3/b24-22-. The number of ether oxygens (including phenoxy) is 1. The molecular weight excluding hydrogens is 406 g/mol. The molecule has 6 nitrogen and oxygen atoms in total. The largest absolute Gasteiger partial charge is 0.508 e. The molecule has 32 heavy (non-hydrogen) atoms. The minimum atomic E-state index is -0.839. The molecule has 0 aliphatic carbocycles. The predicted octanol–water partition coefficient (Wildman–Crippen LogP) is 4.81. The maximum Gasteiger partial charge on any atom is 0.300 e. The number of Topliss-reactive ketones (excluding diaryl/α,β-unsaturated/α-hetero) is 1. The van der Waals surface area contributed by atoms with Crippen molar-refractivity contribution in [1.29, 1.82) is 0 Å². The molecule has 0 saturated carbocycles. The topological polar surface area (TPSA) is 87.1 Å². The molecule has 1 aliphatic heterocycles. The molecule has 0 radical (unpaired) electrons. The number of aliphatic hydroxyl groups is 1. The van der Waals surface area contributed by atoms with Crippen molar-refractivity contribution in [2.45, 2.75) is 19.4 Å². The van der Waals surface area contributed by atoms with E-state index in [0.29, 0.717) is 29.2 Å². The zero-order valence-electron chi connectivity index (χ0n) is 17.6. The Bertz CT molecular complexity index is 1150. The number of hydrogen-bond donors (Lipinski definition) is 2. The van der Waals surface area contributed by atoms with Crippen molar-refractivity contribution in [1.82, 2.24) is 0 Å². The van der Waals surface area contributed by atoms with Gasteiger partial charge in [-0.05, 0) is 60.5 Å². The normalized spacial score (nSPS) is 17.5. The molecule has 0 spiro atoms. The molecule has 4 rings (SSSR count). The number of nitrogens with zero attached hydrogens (tertiary/aromatic N) is 1. The van der Waals surface area contributed by atoms with Crippen molar-refractivity contribution < 1.29 is 24.5 Å². The van der Waals surface area contributed by atoms with Crippen molar-refractivity contribution in [2.75, 3.05) is 11.5 Å². The summed E-state index contributed by atoms with van der Waals surface area (Å²) in [4.78, 5) is 27.5. The average Bonchev–Trinajstić information content (AvgIpc) is 3.09. The Kier molecular flexibility index (Phi) is 5.94. The van der Waals surface area contributed by atoms with Crippen LogP contribution in [0.5, 0.6) is 11.5 Å². The minimum absolute atomic E-state index is 0.00762. The first-order valence-corrected chi connectivity index (χ1v) is 10.4. The number of hydrogen-bond acceptors (Lipinski definition) is 5. The number of benzene rings is 3. The number of para-hydroxylation sites is 1. The molecular formula is C26H23NO5. The first-order valence-electron chi connectivity index (χ1n) is 10.4. The van der Waals surface area contributed by atoms with Crippen molar-refractivity contribution >= 4 is 23.1 Å². The lowest BCUT2D eigenvalue weighted by Gasteiger charge is -2.25. The molecule has 0 aromatic heterocycles. The van der Waals surface area contributed by atoms with Crippen LogP contribution in [-0.4, -0.2) is 28.5 Å². The van der Waals surface area contributed by atoms with E-state index >= 15 is 0 Å². The number of amides is 1. The smallest absolute Gasteiger partial charge is 0.300 e. The SMILES string of the molecule is CCCOc1ccc(/C(O)=C2/C(=O)C(=O)N(c3ccccc3)C2c2ccc(O)cc2)cc1. The van der Waals surface area contributed by atoms with Crippen LogP contribution < -0.4 is 9.64 Å². The van der Waals surface area contributed by atoms with Crippen LogP contribution in [0.1, 0.15) is 30.5 Å². The van der Waals surface area contributed by atoms with Gasteiger partial charge in [0, 0.05) is 11.3 Å². The fraction of sp³-hybridized carbons (Fsp3) is 0.154. The van der Waals surface area contributed by atoms with Gasteiger partial charge in [0.25, 0.3) is 11.7 Å². The summed E-state index contributed by atoms with van der Waals surface area (Å²) in [7, 11) is 0. The number of aromatic hydroxyl groups is 1. The third kappa shape index (κ3) is 3.95. The Morgan fingerprint density at radius 3 is 2.22 bits per heavy atom. The Balaban J connectivity index is 1.83. The number of carbonyl (C=O) groups is 2. The van der Waals surface area contributed by atoms with Gasteiger partial charge in [0.2, 0.25) is 0 Å². The van der Waals surface area contributed by atoms with E-state index in [-0.39, 0.29) is 17.1 Å². The second-order valence-electron chi connectivity index (χ2n) is 7.47. The molecule has 1 saturated heterocycles. The second kappa shape index (κ2) is 8.98. The molecule has 6 heteroatoms. The van der Waals surface area contributed by atoms with Crippen LogP contribution in [-0.2, 0) is 9.59 Å². The van der Waals surface area contributed by atoms with Gasteiger partial charge in [-0.2, -0.15) is 0 Å². The quantitative estimate of drug-likeness (QED) is 0.334. The van der Waals surface area contributed by atoms with Gasteiger partial charge in [0.1, 0.15) is 17.3 Å². The van der Waals surface area contributed by atoms with Gasteiger partial charge in [-0.1, -0.05) is 37.3 Å². The van der Waals surface area contributed by atoms with Crippen molar-refractivity contribution in [3.63, 3.8) is 0 Å². The summed E-state index contributed by atoms with van der Waals surface area (Å²) in [6.45, 7) is 2.59. The number of anilines is 1. The van der Waals surface area contributed by atoms with E-state index in [0.717, 1.165) is 6.42 Å². The zero-order valence-corrected chi connectivity index (χ0v) is 17.6. The van der Waals surface area contributed by atoms with Gasteiger partial charge in [0.05, 0.1) is 18.2 Å². The number of phenols is 1. The third-order valence-electron chi connectivity index (χ3n) is 5.29. The van der Waals surface area contributed by atoms with Crippen LogP contribution in [0.25, 0.3) is 5.76 Å². The van der Waals surface area contributed by atoms with Crippen molar-refractivity contribution in [2.24, 2.45) is 0 Å². The fourth-order valence-corrected chi connectivity index (χ4v) is 3.74. The van der Waals surface area contributed by atoms with E-state index in [2.05, 4.69) is 0 Å². The summed E-state index contributed by atoms with van der Waals surface area (Å²) in [5.41, 5.74) is 1.53. The number of carbonyl (C=O) groups excluding carboxylic acids is 2. The molecule has 1 atom stereocenters. The number of ketones is 1. The maximum absolute atomic E-state index is 13.1. The molecule has 1 aliphatic rings. The van der Waals surface area contributed by atoms with E-state index in [4.69, 9.17) is 4.74 Å². The van der Waals surface area contributed by atoms with E-state index in [1.54, 1.807) is 60.7 Å². The zero-order chi connectivity index (χ0) is 22.7. The average molecular weight is 429 g/mol. The summed E-state index contributed by atoms with van der Waals surface area (Å²) in [6.07, 6.45) is 0.872. The Morgan fingerprint density at radius 1 is 0.938 bits per heavy atom. The highest BCUT2D eigenvalue weighted by Gasteiger charge is 2.46. The lowest BCUT2D eigenvalue weighted by Crippen LogP contribution is -2.29. The second-order valence-corrected chi connectivity index (χ2v) is 7.47. The van der Waals surface area contributed by atoms with Crippen LogP contribution in [0.4, 0.5) is 5.69 Å². The maximum atomic E-state index is 13.1. The van der Waals surface area contributed by atoms with Crippen LogP contribution in [0, 0.1) is 0 Å². The Morgan fingerprint density at radius 2 is 1.59 bits per heavy atom. The lowest BCUT2D eigenvalue weighted by atomic mass is 9.95. The first kappa shape index (κ1) is 21.2. The third-order valence-corrected chi connectivity index (χ3v) is 5.29. The number of phenolic OH excluding ortho intramolecular Hbond substituents is 1. The minimum Gasteiger partial charge on any atom is -0.508 e. The Hall–Kier alpha value is -4.06. The Labute approximate surface area is 186 Å². The molecule has 2 N–H and O–H groups in total.